The van der Waals surface area contributed by atoms with E-state index in [0.717, 1.165) is 29.5 Å². The molecule has 0 aliphatic rings. The molecule has 0 fully saturated rings. The van der Waals surface area contributed by atoms with Crippen molar-refractivity contribution in [2.75, 3.05) is 0 Å². The van der Waals surface area contributed by atoms with Crippen LogP contribution in [0.25, 0.3) is 0 Å². The normalized spacial score (nSPS) is 10.0. The molecule has 0 amide bonds. The van der Waals surface area contributed by atoms with Gasteiger partial charge in [-0.15, -0.1) is 6.58 Å². The van der Waals surface area contributed by atoms with Gasteiger partial charge in [0, 0.05) is 0 Å². The van der Waals surface area contributed by atoms with Gasteiger partial charge >= 0.3 is 0 Å². The molecular weight excluding hydrogens is 160 g/mol. The van der Waals surface area contributed by atoms with Crippen LogP contribution in [-0.4, -0.2) is 5.11 Å². The molecule has 0 aliphatic heterocycles. The van der Waals surface area contributed by atoms with E-state index in [-0.39, 0.29) is 0 Å². The maximum absolute atomic E-state index is 9.57. The first-order chi connectivity index (χ1) is 6.09. The van der Waals surface area contributed by atoms with Gasteiger partial charge < -0.3 is 5.11 Å². The van der Waals surface area contributed by atoms with Crippen LogP contribution < -0.4 is 0 Å². The van der Waals surface area contributed by atoms with Crippen molar-refractivity contribution in [3.05, 3.63) is 41.5 Å². The van der Waals surface area contributed by atoms with Gasteiger partial charge in [0.15, 0.2) is 0 Å². The SMILES string of the molecule is C=C(C)CCc1ccc(C)cc1O. The van der Waals surface area contributed by atoms with Crippen molar-refractivity contribution in [2.45, 2.75) is 26.7 Å². The van der Waals surface area contributed by atoms with Crippen LogP contribution in [0.4, 0.5) is 0 Å². The van der Waals surface area contributed by atoms with Crippen molar-refractivity contribution >= 4 is 0 Å². The molecule has 1 heteroatoms. The van der Waals surface area contributed by atoms with Crippen molar-refractivity contribution in [3.8, 4) is 5.75 Å². The Morgan fingerprint density at radius 3 is 2.69 bits per heavy atom. The predicted molar refractivity (Wildman–Crippen MR) is 56.0 cm³/mol. The zero-order chi connectivity index (χ0) is 9.84. The molecule has 1 aromatic rings. The van der Waals surface area contributed by atoms with Gasteiger partial charge in [-0.2, -0.15) is 0 Å². The molecule has 1 rings (SSSR count). The summed E-state index contributed by atoms with van der Waals surface area (Å²) >= 11 is 0. The van der Waals surface area contributed by atoms with Crippen LogP contribution in [0.2, 0.25) is 0 Å². The van der Waals surface area contributed by atoms with E-state index in [1.807, 2.05) is 26.0 Å². The van der Waals surface area contributed by atoms with E-state index in [2.05, 4.69) is 6.58 Å². The van der Waals surface area contributed by atoms with E-state index >= 15 is 0 Å². The van der Waals surface area contributed by atoms with Crippen LogP contribution in [-0.2, 0) is 6.42 Å². The summed E-state index contributed by atoms with van der Waals surface area (Å²) in [6, 6.07) is 5.80. The van der Waals surface area contributed by atoms with Crippen LogP contribution in [0.3, 0.4) is 0 Å². The molecule has 0 aromatic heterocycles. The van der Waals surface area contributed by atoms with Gasteiger partial charge in [-0.1, -0.05) is 17.7 Å². The maximum atomic E-state index is 9.57. The molecule has 0 unspecified atom stereocenters. The molecule has 70 valence electrons. The van der Waals surface area contributed by atoms with Crippen LogP contribution in [0, 0.1) is 6.92 Å². The van der Waals surface area contributed by atoms with E-state index in [9.17, 15) is 5.11 Å². The number of aromatic hydroxyl groups is 1. The Kier molecular flexibility index (Phi) is 3.13. The lowest BCUT2D eigenvalue weighted by Crippen LogP contribution is -1.87. The van der Waals surface area contributed by atoms with Gasteiger partial charge in [0.2, 0.25) is 0 Å². The summed E-state index contributed by atoms with van der Waals surface area (Å²) in [5, 5.41) is 9.57. The molecule has 0 bridgehead atoms. The van der Waals surface area contributed by atoms with E-state index in [1.165, 1.54) is 0 Å². The molecular formula is C12H16O. The predicted octanol–water partition coefficient (Wildman–Crippen LogP) is 3.21. The second-order valence-corrected chi connectivity index (χ2v) is 3.59. The zero-order valence-electron chi connectivity index (χ0n) is 8.30. The van der Waals surface area contributed by atoms with E-state index in [1.54, 1.807) is 6.07 Å². The molecule has 0 saturated heterocycles. The molecule has 0 spiro atoms. The van der Waals surface area contributed by atoms with Crippen molar-refractivity contribution in [1.29, 1.82) is 0 Å². The van der Waals surface area contributed by atoms with E-state index in [4.69, 9.17) is 0 Å². The fourth-order valence-corrected chi connectivity index (χ4v) is 1.23. The Labute approximate surface area is 79.7 Å². The first kappa shape index (κ1) is 9.85. The molecule has 0 atom stereocenters. The minimum absolute atomic E-state index is 0.404. The summed E-state index contributed by atoms with van der Waals surface area (Å²) in [4.78, 5) is 0. The fourth-order valence-electron chi connectivity index (χ4n) is 1.23. The number of benzene rings is 1. The average molecular weight is 176 g/mol. The topological polar surface area (TPSA) is 20.2 Å². The fraction of sp³-hybridized carbons (Fsp3) is 0.333. The third-order valence-electron chi connectivity index (χ3n) is 2.06. The van der Waals surface area contributed by atoms with Crippen molar-refractivity contribution in [3.63, 3.8) is 0 Å². The number of aryl methyl sites for hydroxylation is 2. The largest absolute Gasteiger partial charge is 0.508 e. The number of phenols is 1. The lowest BCUT2D eigenvalue weighted by atomic mass is 10.0. The van der Waals surface area contributed by atoms with Gasteiger partial charge in [-0.25, -0.2) is 0 Å². The van der Waals surface area contributed by atoms with Gasteiger partial charge in [0.1, 0.15) is 5.75 Å². The third-order valence-corrected chi connectivity index (χ3v) is 2.06. The highest BCUT2D eigenvalue weighted by atomic mass is 16.3. The lowest BCUT2D eigenvalue weighted by molar-refractivity contribution is 0.467. The molecule has 13 heavy (non-hydrogen) atoms. The van der Waals surface area contributed by atoms with Crippen molar-refractivity contribution in [2.24, 2.45) is 0 Å². The number of phenolic OH excluding ortho intramolecular Hbond substituents is 1. The number of allylic oxidation sites excluding steroid dienone is 1. The van der Waals surface area contributed by atoms with Gasteiger partial charge in [0.05, 0.1) is 0 Å². The number of hydrogen-bond donors (Lipinski definition) is 1. The van der Waals surface area contributed by atoms with Gasteiger partial charge in [-0.3, -0.25) is 0 Å². The molecule has 1 N–H and O–H groups in total. The summed E-state index contributed by atoms with van der Waals surface area (Å²) in [5.74, 6) is 0.404. The van der Waals surface area contributed by atoms with Crippen molar-refractivity contribution < 1.29 is 5.11 Å². The summed E-state index contributed by atoms with van der Waals surface area (Å²) < 4.78 is 0. The molecule has 0 heterocycles. The first-order valence-corrected chi connectivity index (χ1v) is 4.52. The Morgan fingerprint density at radius 2 is 2.15 bits per heavy atom. The highest BCUT2D eigenvalue weighted by Crippen LogP contribution is 2.20. The average Bonchev–Trinajstić information content (AvgIpc) is 2.02. The van der Waals surface area contributed by atoms with Crippen LogP contribution in [0.15, 0.2) is 30.4 Å². The van der Waals surface area contributed by atoms with Crippen LogP contribution >= 0.6 is 0 Å². The monoisotopic (exact) mass is 176 g/mol. The summed E-state index contributed by atoms with van der Waals surface area (Å²) in [6.45, 7) is 7.82. The molecule has 0 radical (unpaired) electrons. The van der Waals surface area contributed by atoms with E-state index in [0.29, 0.717) is 5.75 Å². The minimum Gasteiger partial charge on any atom is -0.508 e. The summed E-state index contributed by atoms with van der Waals surface area (Å²) in [6.07, 6.45) is 1.82. The molecule has 0 saturated carbocycles. The lowest BCUT2D eigenvalue weighted by Gasteiger charge is -2.04. The smallest absolute Gasteiger partial charge is 0.119 e. The van der Waals surface area contributed by atoms with Crippen molar-refractivity contribution in [1.82, 2.24) is 0 Å². The van der Waals surface area contributed by atoms with Gasteiger partial charge in [-0.05, 0) is 43.9 Å². The Balaban J connectivity index is 2.72. The second kappa shape index (κ2) is 4.13. The summed E-state index contributed by atoms with van der Waals surface area (Å²) in [5.41, 5.74) is 3.25. The molecule has 1 aromatic carbocycles. The van der Waals surface area contributed by atoms with E-state index < -0.39 is 0 Å². The number of hydrogen-bond acceptors (Lipinski definition) is 1. The quantitative estimate of drug-likeness (QED) is 0.701. The maximum Gasteiger partial charge on any atom is 0.119 e. The van der Waals surface area contributed by atoms with Crippen LogP contribution in [0.5, 0.6) is 5.75 Å². The Hall–Kier alpha value is -1.24. The number of rotatable bonds is 3. The standard InChI is InChI=1S/C12H16O/c1-9(2)4-6-11-7-5-10(3)8-12(11)13/h5,7-8,13H,1,4,6H2,2-3H3. The highest BCUT2D eigenvalue weighted by molar-refractivity contribution is 5.36. The molecule has 0 aliphatic carbocycles. The Bertz CT molecular complexity index is 313. The van der Waals surface area contributed by atoms with Gasteiger partial charge in [0.25, 0.3) is 0 Å². The Morgan fingerprint density at radius 1 is 1.46 bits per heavy atom. The second-order valence-electron chi connectivity index (χ2n) is 3.59. The van der Waals surface area contributed by atoms with Crippen LogP contribution in [0.1, 0.15) is 24.5 Å². The summed E-state index contributed by atoms with van der Waals surface area (Å²) in [7, 11) is 0. The minimum atomic E-state index is 0.404. The molecule has 1 nitrogen and oxygen atoms in total. The zero-order valence-corrected chi connectivity index (χ0v) is 8.30. The third kappa shape index (κ3) is 2.94. The first-order valence-electron chi connectivity index (χ1n) is 4.52. The highest BCUT2D eigenvalue weighted by Gasteiger charge is 2.00.